The summed E-state index contributed by atoms with van der Waals surface area (Å²) in [7, 11) is 0. The second-order valence-corrected chi connectivity index (χ2v) is 7.09. The van der Waals surface area contributed by atoms with E-state index in [2.05, 4.69) is 20.1 Å². The summed E-state index contributed by atoms with van der Waals surface area (Å²) in [6, 6.07) is 0. The van der Waals surface area contributed by atoms with Crippen LogP contribution in [-0.4, -0.2) is 35.4 Å². The molecule has 6 atom stereocenters. The molecule has 3 aliphatic rings. The number of esters is 2. The molecule has 0 aromatic heterocycles. The van der Waals surface area contributed by atoms with E-state index in [0.717, 1.165) is 0 Å². The standard InChI is InChI=1S/C17H22O5/c1-8-11-5-12-9(2)15(19)14(21-10(3)18)7-17(12,4)6-13(11)22-16(8)20/h11-15,19H,1-2,5-7H2,3-4H3/t11-,12+,13-,14-,15-,17-/m1/s1. The number of carbonyl (C=O) groups is 2. The number of aliphatic hydroxyl groups is 1. The van der Waals surface area contributed by atoms with Crippen LogP contribution < -0.4 is 0 Å². The van der Waals surface area contributed by atoms with Crippen molar-refractivity contribution in [1.29, 1.82) is 0 Å². The van der Waals surface area contributed by atoms with Crippen LogP contribution in [0.3, 0.4) is 0 Å². The van der Waals surface area contributed by atoms with E-state index >= 15 is 0 Å². The highest BCUT2D eigenvalue weighted by molar-refractivity contribution is 5.90. The third-order valence-electron chi connectivity index (χ3n) is 5.58. The minimum Gasteiger partial charge on any atom is -0.459 e. The maximum absolute atomic E-state index is 11.7. The number of ether oxygens (including phenoxy) is 2. The Morgan fingerprint density at radius 3 is 2.73 bits per heavy atom. The van der Waals surface area contributed by atoms with Gasteiger partial charge in [0, 0.05) is 18.4 Å². The van der Waals surface area contributed by atoms with Gasteiger partial charge in [-0.2, -0.15) is 0 Å². The van der Waals surface area contributed by atoms with Crippen LogP contribution >= 0.6 is 0 Å². The Balaban J connectivity index is 1.88. The largest absolute Gasteiger partial charge is 0.459 e. The van der Waals surface area contributed by atoms with Gasteiger partial charge in [0.05, 0.1) is 0 Å². The SMILES string of the molecule is C=C1C(=O)O[C@@H]2C[C@]3(C)C[C@@H](OC(C)=O)[C@H](O)C(=C)[C@@H]3C[C@H]12. The molecule has 0 aromatic rings. The number of rotatable bonds is 1. The summed E-state index contributed by atoms with van der Waals surface area (Å²) in [5.41, 5.74) is 1.00. The van der Waals surface area contributed by atoms with Crippen LogP contribution in [0.5, 0.6) is 0 Å². The topological polar surface area (TPSA) is 72.8 Å². The maximum atomic E-state index is 11.7. The van der Waals surface area contributed by atoms with Crippen molar-refractivity contribution in [3.8, 4) is 0 Å². The molecule has 2 aliphatic carbocycles. The molecular weight excluding hydrogens is 284 g/mol. The molecule has 1 saturated heterocycles. The monoisotopic (exact) mass is 306 g/mol. The molecule has 120 valence electrons. The summed E-state index contributed by atoms with van der Waals surface area (Å²) in [4.78, 5) is 23.0. The van der Waals surface area contributed by atoms with Crippen LogP contribution in [0.25, 0.3) is 0 Å². The van der Waals surface area contributed by atoms with E-state index < -0.39 is 18.2 Å². The first kappa shape index (κ1) is 15.3. The lowest BCUT2D eigenvalue weighted by Crippen LogP contribution is -2.52. The lowest BCUT2D eigenvalue weighted by molar-refractivity contribution is -0.161. The average Bonchev–Trinajstić information content (AvgIpc) is 2.68. The van der Waals surface area contributed by atoms with Crippen molar-refractivity contribution in [2.45, 2.75) is 51.4 Å². The summed E-state index contributed by atoms with van der Waals surface area (Å²) < 4.78 is 10.7. The lowest BCUT2D eigenvalue weighted by atomic mass is 9.54. The van der Waals surface area contributed by atoms with Gasteiger partial charge in [0.1, 0.15) is 18.3 Å². The highest BCUT2D eigenvalue weighted by Crippen LogP contribution is 2.57. The second-order valence-electron chi connectivity index (χ2n) is 7.09. The summed E-state index contributed by atoms with van der Waals surface area (Å²) >= 11 is 0. The predicted molar refractivity (Wildman–Crippen MR) is 78.7 cm³/mol. The molecule has 5 nitrogen and oxygen atoms in total. The van der Waals surface area contributed by atoms with Gasteiger partial charge in [0.25, 0.3) is 0 Å². The zero-order chi connectivity index (χ0) is 16.2. The lowest BCUT2D eigenvalue weighted by Gasteiger charge is -2.52. The smallest absolute Gasteiger partial charge is 0.334 e. The Morgan fingerprint density at radius 1 is 1.41 bits per heavy atom. The van der Waals surface area contributed by atoms with Crippen molar-refractivity contribution >= 4 is 11.9 Å². The zero-order valence-corrected chi connectivity index (χ0v) is 13.0. The Labute approximate surface area is 130 Å². The van der Waals surface area contributed by atoms with Gasteiger partial charge in [0.2, 0.25) is 0 Å². The molecule has 0 aromatic carbocycles. The second kappa shape index (κ2) is 4.95. The van der Waals surface area contributed by atoms with Crippen molar-refractivity contribution in [2.75, 3.05) is 0 Å². The fraction of sp³-hybridized carbons (Fsp3) is 0.647. The minimum absolute atomic E-state index is 0.000185. The first-order valence-corrected chi connectivity index (χ1v) is 7.66. The highest BCUT2D eigenvalue weighted by atomic mass is 16.6. The van der Waals surface area contributed by atoms with E-state index in [-0.39, 0.29) is 29.3 Å². The Hall–Kier alpha value is -1.62. The van der Waals surface area contributed by atoms with Crippen LogP contribution in [0.15, 0.2) is 24.3 Å². The molecule has 5 heteroatoms. The molecule has 1 N–H and O–H groups in total. The number of fused-ring (bicyclic) bond motifs is 2. The van der Waals surface area contributed by atoms with E-state index in [9.17, 15) is 14.7 Å². The van der Waals surface area contributed by atoms with Crippen molar-refractivity contribution < 1.29 is 24.2 Å². The Morgan fingerprint density at radius 2 is 2.09 bits per heavy atom. The van der Waals surface area contributed by atoms with Gasteiger partial charge in [-0.15, -0.1) is 0 Å². The Bertz CT molecular complexity index is 565. The van der Waals surface area contributed by atoms with Crippen molar-refractivity contribution in [1.82, 2.24) is 0 Å². The first-order chi connectivity index (χ1) is 10.2. The summed E-state index contributed by atoms with van der Waals surface area (Å²) in [6.07, 6.45) is 0.325. The first-order valence-electron chi connectivity index (χ1n) is 7.66. The quantitative estimate of drug-likeness (QED) is 0.454. The van der Waals surface area contributed by atoms with Crippen LogP contribution in [0.1, 0.15) is 33.1 Å². The molecular formula is C17H22O5. The molecule has 22 heavy (non-hydrogen) atoms. The van der Waals surface area contributed by atoms with Gasteiger partial charge < -0.3 is 14.6 Å². The molecule has 0 radical (unpaired) electrons. The maximum Gasteiger partial charge on any atom is 0.334 e. The third-order valence-corrected chi connectivity index (χ3v) is 5.58. The number of hydrogen-bond acceptors (Lipinski definition) is 5. The Kier molecular flexibility index (Phi) is 3.44. The van der Waals surface area contributed by atoms with Crippen LogP contribution in [-0.2, 0) is 19.1 Å². The number of aliphatic hydroxyl groups excluding tert-OH is 1. The fourth-order valence-electron chi connectivity index (χ4n) is 4.45. The van der Waals surface area contributed by atoms with E-state index in [4.69, 9.17) is 9.47 Å². The molecule has 0 amide bonds. The summed E-state index contributed by atoms with van der Waals surface area (Å²) in [5.74, 6) is -0.658. The molecule has 0 unspecified atom stereocenters. The van der Waals surface area contributed by atoms with E-state index in [1.54, 1.807) is 0 Å². The molecule has 1 aliphatic heterocycles. The van der Waals surface area contributed by atoms with Gasteiger partial charge in [-0.05, 0) is 36.2 Å². The normalized spacial score (nSPS) is 44.1. The molecule has 3 rings (SSSR count). The molecule has 0 spiro atoms. The van der Waals surface area contributed by atoms with Crippen LogP contribution in [0, 0.1) is 17.3 Å². The predicted octanol–water partition coefficient (Wildman–Crippen LogP) is 1.75. The van der Waals surface area contributed by atoms with E-state index in [0.29, 0.717) is 30.4 Å². The van der Waals surface area contributed by atoms with Gasteiger partial charge in [-0.25, -0.2) is 4.79 Å². The van der Waals surface area contributed by atoms with Crippen molar-refractivity contribution in [3.05, 3.63) is 24.3 Å². The molecule has 2 saturated carbocycles. The average molecular weight is 306 g/mol. The summed E-state index contributed by atoms with van der Waals surface area (Å²) in [5, 5.41) is 10.4. The minimum atomic E-state index is -0.857. The zero-order valence-electron chi connectivity index (χ0n) is 13.0. The van der Waals surface area contributed by atoms with E-state index in [1.165, 1.54) is 6.92 Å². The fourth-order valence-corrected chi connectivity index (χ4v) is 4.45. The van der Waals surface area contributed by atoms with Gasteiger partial charge in [-0.1, -0.05) is 20.1 Å². The van der Waals surface area contributed by atoms with Gasteiger partial charge in [0.15, 0.2) is 0 Å². The molecule has 3 fully saturated rings. The third kappa shape index (κ3) is 2.19. The van der Waals surface area contributed by atoms with Crippen LogP contribution in [0.2, 0.25) is 0 Å². The molecule has 0 bridgehead atoms. The number of hydrogen-bond donors (Lipinski definition) is 1. The highest BCUT2D eigenvalue weighted by Gasteiger charge is 2.56. The van der Waals surface area contributed by atoms with Gasteiger partial charge >= 0.3 is 11.9 Å². The summed E-state index contributed by atoms with van der Waals surface area (Å²) in [6.45, 7) is 11.3. The van der Waals surface area contributed by atoms with Gasteiger partial charge in [-0.3, -0.25) is 4.79 Å². The van der Waals surface area contributed by atoms with Crippen molar-refractivity contribution in [3.63, 3.8) is 0 Å². The van der Waals surface area contributed by atoms with Crippen LogP contribution in [0.4, 0.5) is 0 Å². The molecule has 1 heterocycles. The van der Waals surface area contributed by atoms with E-state index in [1.807, 2.05) is 0 Å². The van der Waals surface area contributed by atoms with Crippen molar-refractivity contribution in [2.24, 2.45) is 17.3 Å². The number of carbonyl (C=O) groups excluding carboxylic acids is 2.